The number of nitrogens with one attached hydrogen (secondary N) is 2. The van der Waals surface area contributed by atoms with Crippen molar-refractivity contribution in [1.29, 1.82) is 0 Å². The molecule has 6 aromatic heterocycles. The van der Waals surface area contributed by atoms with E-state index in [9.17, 15) is 0 Å². The summed E-state index contributed by atoms with van der Waals surface area (Å²) in [5.74, 6) is 0.622. The summed E-state index contributed by atoms with van der Waals surface area (Å²) in [6.45, 7) is 0. The second-order valence-electron chi connectivity index (χ2n) is 6.66. The molecule has 6 rings (SSSR count). The molecule has 0 saturated carbocycles. The monoisotopic (exact) mass is 391 g/mol. The van der Waals surface area contributed by atoms with Gasteiger partial charge in [0.05, 0.1) is 23.6 Å². The summed E-state index contributed by atoms with van der Waals surface area (Å²) in [4.78, 5) is 29.6. The average molecular weight is 391 g/mol. The first-order valence-corrected chi connectivity index (χ1v) is 9.23. The van der Waals surface area contributed by atoms with Crippen LogP contribution in [0.15, 0.2) is 67.6 Å². The van der Waals surface area contributed by atoms with Gasteiger partial charge >= 0.3 is 0 Å². The lowest BCUT2D eigenvalue weighted by molar-refractivity contribution is 1.10. The molecule has 30 heavy (non-hydrogen) atoms. The maximum absolute atomic E-state index is 4.81. The normalized spacial score (nSPS) is 11.3. The van der Waals surface area contributed by atoms with E-state index in [4.69, 9.17) is 4.98 Å². The van der Waals surface area contributed by atoms with Crippen molar-refractivity contribution in [3.8, 4) is 34.0 Å². The molecule has 2 N–H and O–H groups in total. The molecule has 0 aromatic carbocycles. The Morgan fingerprint density at radius 3 is 2.63 bits per heavy atom. The number of aromatic amines is 2. The van der Waals surface area contributed by atoms with Gasteiger partial charge in [-0.25, -0.2) is 9.97 Å². The summed E-state index contributed by atoms with van der Waals surface area (Å²) in [7, 11) is 0. The highest BCUT2D eigenvalue weighted by atomic mass is 15.1. The Bertz CT molecular complexity index is 1490. The Hall–Kier alpha value is -4.53. The van der Waals surface area contributed by atoms with E-state index in [0.29, 0.717) is 28.6 Å². The largest absolute Gasteiger partial charge is 0.321 e. The minimum atomic E-state index is 0.622. The van der Waals surface area contributed by atoms with Crippen molar-refractivity contribution < 1.29 is 0 Å². The average Bonchev–Trinajstić information content (AvgIpc) is 3.43. The summed E-state index contributed by atoms with van der Waals surface area (Å²) < 4.78 is 0. The van der Waals surface area contributed by atoms with Crippen molar-refractivity contribution in [3.63, 3.8) is 0 Å². The third-order valence-electron chi connectivity index (χ3n) is 4.85. The van der Waals surface area contributed by atoms with Crippen molar-refractivity contribution in [2.75, 3.05) is 0 Å². The standard InChI is InChI=1S/C21H13N9/c1-2-12(9-22-4-1)13-3-5-25-20-18(13)27-21(28-20)19-14-8-15(17-10-23-6-7-24-17)26-11-16(14)29-30-19/h1-11H,(H,29,30)(H,25,27,28). The zero-order valence-corrected chi connectivity index (χ0v) is 15.5. The topological polar surface area (TPSA) is 122 Å². The Morgan fingerprint density at radius 2 is 1.77 bits per heavy atom. The van der Waals surface area contributed by atoms with Gasteiger partial charge in [-0.05, 0) is 18.2 Å². The van der Waals surface area contributed by atoms with E-state index in [-0.39, 0.29) is 0 Å². The van der Waals surface area contributed by atoms with Gasteiger partial charge in [0.25, 0.3) is 0 Å². The first-order valence-electron chi connectivity index (χ1n) is 9.23. The number of rotatable bonds is 3. The molecular weight excluding hydrogens is 378 g/mol. The highest BCUT2D eigenvalue weighted by Crippen LogP contribution is 2.31. The van der Waals surface area contributed by atoms with Crippen molar-refractivity contribution in [2.45, 2.75) is 0 Å². The molecule has 6 aromatic rings. The molecule has 0 saturated heterocycles. The van der Waals surface area contributed by atoms with Crippen molar-refractivity contribution >= 4 is 22.1 Å². The lowest BCUT2D eigenvalue weighted by Gasteiger charge is -2.00. The molecule has 0 radical (unpaired) electrons. The molecule has 142 valence electrons. The van der Waals surface area contributed by atoms with E-state index < -0.39 is 0 Å². The van der Waals surface area contributed by atoms with Gasteiger partial charge < -0.3 is 4.98 Å². The van der Waals surface area contributed by atoms with E-state index in [0.717, 1.165) is 27.5 Å². The van der Waals surface area contributed by atoms with Crippen LogP contribution in [-0.4, -0.2) is 45.1 Å². The van der Waals surface area contributed by atoms with Crippen molar-refractivity contribution in [3.05, 3.63) is 67.6 Å². The third-order valence-corrected chi connectivity index (χ3v) is 4.85. The van der Waals surface area contributed by atoms with Gasteiger partial charge in [-0.3, -0.25) is 25.0 Å². The number of hydrogen-bond acceptors (Lipinski definition) is 7. The van der Waals surface area contributed by atoms with Gasteiger partial charge in [0, 0.05) is 47.5 Å². The molecule has 0 spiro atoms. The molecule has 0 amide bonds. The van der Waals surface area contributed by atoms with Gasteiger partial charge in [0.2, 0.25) is 0 Å². The number of hydrogen-bond donors (Lipinski definition) is 2. The predicted octanol–water partition coefficient (Wildman–Crippen LogP) is 3.42. The fourth-order valence-electron chi connectivity index (χ4n) is 3.45. The number of aromatic nitrogens is 9. The lowest BCUT2D eigenvalue weighted by atomic mass is 10.1. The van der Waals surface area contributed by atoms with Crippen LogP contribution < -0.4 is 0 Å². The zero-order valence-electron chi connectivity index (χ0n) is 15.5. The van der Waals surface area contributed by atoms with Gasteiger partial charge in [-0.1, -0.05) is 6.07 Å². The Morgan fingerprint density at radius 1 is 0.800 bits per heavy atom. The minimum Gasteiger partial charge on any atom is -0.321 e. The van der Waals surface area contributed by atoms with E-state index in [2.05, 4.69) is 40.1 Å². The summed E-state index contributed by atoms with van der Waals surface area (Å²) >= 11 is 0. The van der Waals surface area contributed by atoms with Gasteiger partial charge in [0.1, 0.15) is 16.9 Å². The number of fused-ring (bicyclic) bond motifs is 2. The number of H-pyrrole nitrogens is 2. The van der Waals surface area contributed by atoms with Crippen LogP contribution in [0.25, 0.3) is 56.1 Å². The van der Waals surface area contributed by atoms with Crippen LogP contribution in [-0.2, 0) is 0 Å². The van der Waals surface area contributed by atoms with Crippen LogP contribution >= 0.6 is 0 Å². The Kier molecular flexibility index (Phi) is 3.57. The molecule has 0 aliphatic heterocycles. The molecular formula is C21H13N9. The summed E-state index contributed by atoms with van der Waals surface area (Å²) in [5.41, 5.74) is 6.28. The third kappa shape index (κ3) is 2.60. The van der Waals surface area contributed by atoms with Gasteiger partial charge in [-0.2, -0.15) is 5.10 Å². The van der Waals surface area contributed by atoms with Crippen LogP contribution in [0, 0.1) is 0 Å². The molecule has 9 heteroatoms. The first-order chi connectivity index (χ1) is 14.9. The van der Waals surface area contributed by atoms with Crippen LogP contribution in [0.3, 0.4) is 0 Å². The molecule has 0 bridgehead atoms. The Labute approximate surface area is 169 Å². The van der Waals surface area contributed by atoms with Crippen LogP contribution in [0.5, 0.6) is 0 Å². The van der Waals surface area contributed by atoms with Crippen LogP contribution in [0.2, 0.25) is 0 Å². The Balaban J connectivity index is 1.52. The molecule has 9 nitrogen and oxygen atoms in total. The van der Waals surface area contributed by atoms with Gasteiger partial charge in [-0.15, -0.1) is 0 Å². The quantitative estimate of drug-likeness (QED) is 0.474. The second-order valence-corrected chi connectivity index (χ2v) is 6.66. The van der Waals surface area contributed by atoms with Crippen molar-refractivity contribution in [1.82, 2.24) is 45.1 Å². The highest BCUT2D eigenvalue weighted by molar-refractivity contribution is 5.96. The number of pyridine rings is 3. The highest BCUT2D eigenvalue weighted by Gasteiger charge is 2.17. The zero-order chi connectivity index (χ0) is 19.9. The lowest BCUT2D eigenvalue weighted by Crippen LogP contribution is -1.88. The second kappa shape index (κ2) is 6.52. The molecule has 0 atom stereocenters. The van der Waals surface area contributed by atoms with E-state index >= 15 is 0 Å². The predicted molar refractivity (Wildman–Crippen MR) is 111 cm³/mol. The van der Waals surface area contributed by atoms with Crippen molar-refractivity contribution in [2.24, 2.45) is 0 Å². The molecule has 0 fully saturated rings. The smallest absolute Gasteiger partial charge is 0.160 e. The van der Waals surface area contributed by atoms with E-state index in [1.165, 1.54) is 0 Å². The number of nitrogens with zero attached hydrogens (tertiary/aromatic N) is 7. The summed E-state index contributed by atoms with van der Waals surface area (Å²) in [6.07, 6.45) is 12.0. The van der Waals surface area contributed by atoms with Crippen LogP contribution in [0.4, 0.5) is 0 Å². The van der Waals surface area contributed by atoms with E-state index in [1.54, 1.807) is 37.2 Å². The van der Waals surface area contributed by atoms with E-state index in [1.807, 2.05) is 30.5 Å². The fourth-order valence-corrected chi connectivity index (χ4v) is 3.45. The minimum absolute atomic E-state index is 0.622. The maximum Gasteiger partial charge on any atom is 0.160 e. The summed E-state index contributed by atoms with van der Waals surface area (Å²) in [6, 6.07) is 7.76. The fraction of sp³-hybridized carbons (Fsp3) is 0. The van der Waals surface area contributed by atoms with Crippen LogP contribution in [0.1, 0.15) is 0 Å². The molecule has 0 aliphatic rings. The molecule has 0 unspecified atom stereocenters. The summed E-state index contributed by atoms with van der Waals surface area (Å²) in [5, 5.41) is 8.36. The van der Waals surface area contributed by atoms with Gasteiger partial charge in [0.15, 0.2) is 11.5 Å². The maximum atomic E-state index is 4.81. The first kappa shape index (κ1) is 16.4. The molecule has 0 aliphatic carbocycles. The number of imidazole rings is 1. The SMILES string of the molecule is c1cncc(-c2ccnc3[nH]c(-c4n[nH]c5cnc(-c6cnccn6)cc45)nc23)c1. The molecule has 6 heterocycles.